The minimum absolute atomic E-state index is 1.05. The molecule has 0 unspecified atom stereocenters. The second kappa shape index (κ2) is 2.50. The minimum atomic E-state index is 1.05. The van der Waals surface area contributed by atoms with Crippen molar-refractivity contribution in [1.29, 1.82) is 0 Å². The molecule has 4 heteroatoms. The third-order valence-corrected chi connectivity index (χ3v) is 0.950. The molecule has 1 aromatic rings. The molecular formula is C4H6B2N2. The molecule has 0 aromatic carbocycles. The first-order chi connectivity index (χ1) is 3.93. The fourth-order valence-electron chi connectivity index (χ4n) is 0.511. The standard InChI is InChI=1S/C4H6B2N2/c5-8-4-3-7-2-1-6-4/h1-3,8H,5H2. The second-order valence-corrected chi connectivity index (χ2v) is 1.49. The molecule has 0 atom stereocenters. The van der Waals surface area contributed by atoms with Crippen molar-refractivity contribution in [1.82, 2.24) is 4.98 Å². The van der Waals surface area contributed by atoms with Gasteiger partial charge < -0.3 is 0 Å². The molecule has 1 heterocycles. The van der Waals surface area contributed by atoms with Crippen LogP contribution >= 0.6 is 0 Å². The fourth-order valence-corrected chi connectivity index (χ4v) is 0.511. The van der Waals surface area contributed by atoms with Gasteiger partial charge in [0.25, 0.3) is 0 Å². The maximum absolute atomic E-state index is 3.89. The van der Waals surface area contributed by atoms with Crippen molar-refractivity contribution in [3.8, 4) is 0 Å². The van der Waals surface area contributed by atoms with Crippen molar-refractivity contribution in [2.24, 2.45) is 0 Å². The predicted octanol–water partition coefficient (Wildman–Crippen LogP) is -0.620. The molecule has 0 spiro atoms. The second-order valence-electron chi connectivity index (χ2n) is 1.49. The van der Waals surface area contributed by atoms with Crippen molar-refractivity contribution in [3.05, 3.63) is 18.4 Å². The molecule has 0 amide bonds. The fraction of sp³-hybridized carbons (Fsp3) is 0. The van der Waals surface area contributed by atoms with Gasteiger partial charge in [-0.3, -0.25) is 0 Å². The quantitative estimate of drug-likeness (QED) is 0.480. The number of nitrogens with one attached hydrogen (secondary N) is 1. The number of anilines is 1. The number of aromatic nitrogens is 1. The van der Waals surface area contributed by atoms with Crippen molar-refractivity contribution >= 4 is 20.5 Å². The summed E-state index contributed by atoms with van der Waals surface area (Å²) in [4.78, 5) is 3.89. The molecule has 0 aliphatic carbocycles. The van der Waals surface area contributed by atoms with Crippen LogP contribution < -0.4 is 5.23 Å². The van der Waals surface area contributed by atoms with Crippen LogP contribution in [0.1, 0.15) is 0 Å². The van der Waals surface area contributed by atoms with E-state index in [1.807, 2.05) is 20.9 Å². The predicted molar refractivity (Wildman–Crippen MR) is 37.8 cm³/mol. The summed E-state index contributed by atoms with van der Waals surface area (Å²) in [5, 5.41) is 2.96. The van der Waals surface area contributed by atoms with Crippen LogP contribution in [0.15, 0.2) is 18.4 Å². The molecule has 0 bridgehead atoms. The van der Waals surface area contributed by atoms with E-state index in [2.05, 4.69) is 10.2 Å². The Bertz CT molecular complexity index is 153. The van der Waals surface area contributed by atoms with Gasteiger partial charge in [0.15, 0.2) is 0 Å². The monoisotopic (exact) mass is 104 g/mol. The number of hydrogen-bond acceptors (Lipinski definition) is 2. The summed E-state index contributed by atoms with van der Waals surface area (Å²) in [6, 6.07) is 0. The van der Waals surface area contributed by atoms with Crippen LogP contribution in [-0.2, 0) is 0 Å². The molecule has 8 heavy (non-hydrogen) atoms. The topological polar surface area (TPSA) is 24.9 Å². The van der Waals surface area contributed by atoms with Gasteiger partial charge in [-0.15, -0.1) is 0 Å². The molecule has 38 valence electrons. The van der Waals surface area contributed by atoms with E-state index in [-0.39, 0.29) is 0 Å². The molecule has 0 fully saturated rings. The van der Waals surface area contributed by atoms with Crippen molar-refractivity contribution < 1.29 is 0 Å². The normalized spacial score (nSPS) is 8.00. The van der Waals surface area contributed by atoms with E-state index < -0.39 is 0 Å². The first-order valence-corrected chi connectivity index (χ1v) is 2.51. The van der Waals surface area contributed by atoms with Gasteiger partial charge in [0.05, 0.1) is 0 Å². The Labute approximate surface area is 50.0 Å². The number of nitrogens with zero attached hydrogens (tertiary/aromatic N) is 1. The van der Waals surface area contributed by atoms with Crippen LogP contribution in [-0.4, -0.2) is 19.9 Å². The molecule has 0 saturated carbocycles. The van der Waals surface area contributed by atoms with E-state index in [0.29, 0.717) is 0 Å². The van der Waals surface area contributed by atoms with E-state index in [9.17, 15) is 0 Å². The van der Waals surface area contributed by atoms with E-state index in [1.165, 1.54) is 0 Å². The Morgan fingerprint density at radius 2 is 2.62 bits per heavy atom. The zero-order valence-electron chi connectivity index (χ0n) is 4.76. The molecule has 0 aliphatic rings. The van der Waals surface area contributed by atoms with Crippen LogP contribution in [0.5, 0.6) is 0 Å². The average molecular weight is 104 g/mol. The Hall–Kier alpha value is -0.790. The third-order valence-electron chi connectivity index (χ3n) is 0.950. The Balaban J connectivity index is 2.83. The Morgan fingerprint density at radius 1 is 1.75 bits per heavy atom. The first kappa shape index (κ1) is 5.35. The SMILES string of the molecule is BNc1bccnc1. The summed E-state index contributed by atoms with van der Waals surface area (Å²) in [5.74, 6) is 1.89. The third kappa shape index (κ3) is 1.09. The summed E-state index contributed by atoms with van der Waals surface area (Å²) < 4.78 is 0. The summed E-state index contributed by atoms with van der Waals surface area (Å²) in [7, 11) is 1.87. The summed E-state index contributed by atoms with van der Waals surface area (Å²) in [6.45, 7) is 1.97. The molecule has 1 rings (SSSR count). The van der Waals surface area contributed by atoms with Crippen LogP contribution in [0.3, 0.4) is 0 Å². The molecule has 1 aromatic heterocycles. The number of rotatable bonds is 1. The molecule has 0 radical (unpaired) electrons. The molecular weight excluding hydrogens is 97.7 g/mol. The van der Waals surface area contributed by atoms with Crippen LogP contribution in [0.4, 0.5) is 5.58 Å². The van der Waals surface area contributed by atoms with Gasteiger partial charge in [0.2, 0.25) is 0 Å². The van der Waals surface area contributed by atoms with Crippen molar-refractivity contribution in [3.63, 3.8) is 0 Å². The zero-order valence-corrected chi connectivity index (χ0v) is 4.76. The zero-order chi connectivity index (χ0) is 5.82. The van der Waals surface area contributed by atoms with Gasteiger partial charge in [-0.2, -0.15) is 0 Å². The average Bonchev–Trinajstić information content (AvgIpc) is 1.90. The molecule has 0 saturated heterocycles. The van der Waals surface area contributed by atoms with Gasteiger partial charge in [-0.1, -0.05) is 0 Å². The van der Waals surface area contributed by atoms with Crippen molar-refractivity contribution in [2.45, 2.75) is 0 Å². The Morgan fingerprint density at radius 3 is 3.00 bits per heavy atom. The van der Waals surface area contributed by atoms with Gasteiger partial charge in [0, 0.05) is 0 Å². The van der Waals surface area contributed by atoms with Crippen molar-refractivity contribution in [2.75, 3.05) is 5.23 Å². The summed E-state index contributed by atoms with van der Waals surface area (Å²) in [6.07, 6.45) is 3.53. The molecule has 1 N–H and O–H groups in total. The van der Waals surface area contributed by atoms with E-state index in [1.54, 1.807) is 12.4 Å². The first-order valence-electron chi connectivity index (χ1n) is 2.51. The molecule has 0 aliphatic heterocycles. The van der Waals surface area contributed by atoms with Crippen LogP contribution in [0.25, 0.3) is 0 Å². The summed E-state index contributed by atoms with van der Waals surface area (Å²) in [5.41, 5.74) is 1.05. The summed E-state index contributed by atoms with van der Waals surface area (Å²) >= 11 is 0. The number of hydrogen-bond donors (Lipinski definition) is 1. The molecule has 2 nitrogen and oxygen atoms in total. The van der Waals surface area contributed by atoms with Crippen LogP contribution in [0, 0.1) is 0 Å². The van der Waals surface area contributed by atoms with Gasteiger partial charge in [0.1, 0.15) is 0 Å². The Kier molecular flexibility index (Phi) is 1.67. The van der Waals surface area contributed by atoms with E-state index in [4.69, 9.17) is 0 Å². The van der Waals surface area contributed by atoms with E-state index >= 15 is 0 Å². The van der Waals surface area contributed by atoms with Gasteiger partial charge >= 0.3 is 49.0 Å². The van der Waals surface area contributed by atoms with Crippen LogP contribution in [0.2, 0.25) is 0 Å². The van der Waals surface area contributed by atoms with E-state index in [0.717, 1.165) is 5.58 Å². The van der Waals surface area contributed by atoms with Gasteiger partial charge in [-0.05, 0) is 0 Å². The maximum atomic E-state index is 3.89. The van der Waals surface area contributed by atoms with Gasteiger partial charge in [-0.25, -0.2) is 0 Å².